The maximum absolute atomic E-state index is 13.1. The summed E-state index contributed by atoms with van der Waals surface area (Å²) in [4.78, 5) is 18.5. The molecule has 5 rings (SSSR count). The van der Waals surface area contributed by atoms with Gasteiger partial charge in [0.25, 0.3) is 5.56 Å². The predicted octanol–water partition coefficient (Wildman–Crippen LogP) is 5.40. The normalized spacial score (nSPS) is 13.4. The molecule has 1 fully saturated rings. The number of pyridine rings is 1. The number of ether oxygens (including phenoxy) is 1. The van der Waals surface area contributed by atoms with Crippen molar-refractivity contribution >= 4 is 11.3 Å². The summed E-state index contributed by atoms with van der Waals surface area (Å²) in [5.74, 6) is 1.79. The van der Waals surface area contributed by atoms with Gasteiger partial charge >= 0.3 is 0 Å². The summed E-state index contributed by atoms with van der Waals surface area (Å²) in [6.07, 6.45) is 5.87. The zero-order chi connectivity index (χ0) is 21.9. The Bertz CT molecular complexity index is 1240. The Balaban J connectivity index is 1.49. The molecule has 7 nitrogen and oxygen atoms in total. The maximum Gasteiger partial charge on any atom is 0.260 e. The number of H-pyrrole nitrogens is 2. The van der Waals surface area contributed by atoms with E-state index in [1.54, 1.807) is 11.3 Å². The SMILES string of the molecule is CCCCCOc1ccc(-c2cc(-c3ccc(C4CC4)s3)c(-c3nn[nH]n3)c(=O)[nH]2)cc1. The highest BCUT2D eigenvalue weighted by atomic mass is 32.1. The van der Waals surface area contributed by atoms with Crippen LogP contribution in [0.3, 0.4) is 0 Å². The summed E-state index contributed by atoms with van der Waals surface area (Å²) in [7, 11) is 0. The van der Waals surface area contributed by atoms with E-state index in [1.165, 1.54) is 30.6 Å². The number of rotatable bonds is 9. The molecule has 1 aliphatic carbocycles. The number of aromatic nitrogens is 5. The Kier molecular flexibility index (Phi) is 5.85. The lowest BCUT2D eigenvalue weighted by atomic mass is 10.0. The van der Waals surface area contributed by atoms with Crippen LogP contribution in [0.1, 0.15) is 49.8 Å². The summed E-state index contributed by atoms with van der Waals surface area (Å²) < 4.78 is 5.82. The molecule has 0 aliphatic heterocycles. The van der Waals surface area contributed by atoms with E-state index in [2.05, 4.69) is 44.7 Å². The first-order valence-electron chi connectivity index (χ1n) is 11.1. The topological polar surface area (TPSA) is 96.6 Å². The molecule has 0 spiro atoms. The van der Waals surface area contributed by atoms with E-state index in [4.69, 9.17) is 4.74 Å². The first kappa shape index (κ1) is 20.6. The summed E-state index contributed by atoms with van der Waals surface area (Å²) in [6, 6.07) is 14.1. The van der Waals surface area contributed by atoms with Crippen LogP contribution in [0.4, 0.5) is 0 Å². The third-order valence-corrected chi connectivity index (χ3v) is 6.94. The van der Waals surface area contributed by atoms with Crippen molar-refractivity contribution in [2.75, 3.05) is 6.61 Å². The zero-order valence-corrected chi connectivity index (χ0v) is 18.7. The molecule has 8 heteroatoms. The lowest BCUT2D eigenvalue weighted by Gasteiger charge is -2.10. The Morgan fingerprint density at radius 1 is 1.12 bits per heavy atom. The number of nitrogens with zero attached hydrogens (tertiary/aromatic N) is 3. The van der Waals surface area contributed by atoms with Gasteiger partial charge in [0.1, 0.15) is 5.75 Å². The van der Waals surface area contributed by atoms with Gasteiger partial charge in [0, 0.05) is 21.0 Å². The van der Waals surface area contributed by atoms with E-state index in [-0.39, 0.29) is 5.56 Å². The number of aromatic amines is 2. The zero-order valence-electron chi connectivity index (χ0n) is 17.9. The first-order valence-corrected chi connectivity index (χ1v) is 11.9. The summed E-state index contributed by atoms with van der Waals surface area (Å²) in [5, 5.41) is 14.2. The van der Waals surface area contributed by atoms with Gasteiger partial charge < -0.3 is 9.72 Å². The van der Waals surface area contributed by atoms with E-state index in [1.807, 2.05) is 30.3 Å². The van der Waals surface area contributed by atoms with Gasteiger partial charge in [-0.15, -0.1) is 21.5 Å². The third kappa shape index (κ3) is 4.36. The summed E-state index contributed by atoms with van der Waals surface area (Å²) in [6.45, 7) is 2.89. The van der Waals surface area contributed by atoms with Gasteiger partial charge in [-0.3, -0.25) is 4.79 Å². The van der Waals surface area contributed by atoms with Crippen molar-refractivity contribution in [1.82, 2.24) is 25.6 Å². The van der Waals surface area contributed by atoms with Crippen LogP contribution in [0.25, 0.3) is 33.1 Å². The molecule has 3 aromatic heterocycles. The molecule has 0 unspecified atom stereocenters. The Morgan fingerprint density at radius 2 is 1.97 bits per heavy atom. The standard InChI is InChI=1S/C24H25N5O2S/c1-2-3-4-13-31-17-9-7-15(8-10-17)19-14-18(21-12-11-20(32-21)16-5-6-16)22(24(30)25-19)23-26-28-29-27-23/h7-12,14,16H,2-6,13H2,1H3,(H,25,30)(H,26,27,28,29). The van der Waals surface area contributed by atoms with Crippen LogP contribution < -0.4 is 10.3 Å². The Hall–Kier alpha value is -3.26. The molecule has 3 heterocycles. The van der Waals surface area contributed by atoms with Crippen LogP contribution in [0.5, 0.6) is 5.75 Å². The summed E-state index contributed by atoms with van der Waals surface area (Å²) in [5.41, 5.74) is 2.68. The van der Waals surface area contributed by atoms with Gasteiger partial charge in [-0.25, -0.2) is 0 Å². The highest BCUT2D eigenvalue weighted by Crippen LogP contribution is 2.46. The van der Waals surface area contributed by atoms with Crippen LogP contribution in [0.15, 0.2) is 47.3 Å². The Labute approximate surface area is 189 Å². The van der Waals surface area contributed by atoms with Crippen molar-refractivity contribution in [3.63, 3.8) is 0 Å². The first-order chi connectivity index (χ1) is 15.7. The fourth-order valence-corrected chi connectivity index (χ4v) is 4.96. The van der Waals surface area contributed by atoms with Gasteiger partial charge in [0.2, 0.25) is 5.82 Å². The van der Waals surface area contributed by atoms with Crippen molar-refractivity contribution in [2.45, 2.75) is 44.9 Å². The highest BCUT2D eigenvalue weighted by molar-refractivity contribution is 7.15. The van der Waals surface area contributed by atoms with Crippen LogP contribution in [-0.2, 0) is 0 Å². The van der Waals surface area contributed by atoms with Crippen molar-refractivity contribution in [3.8, 4) is 38.8 Å². The molecule has 32 heavy (non-hydrogen) atoms. The molecule has 0 atom stereocenters. The minimum Gasteiger partial charge on any atom is -0.494 e. The fraction of sp³-hybridized carbons (Fsp3) is 0.333. The molecule has 2 N–H and O–H groups in total. The van der Waals surface area contributed by atoms with Crippen LogP contribution in [-0.4, -0.2) is 32.2 Å². The van der Waals surface area contributed by atoms with E-state index in [0.717, 1.165) is 40.5 Å². The molecule has 0 amide bonds. The molecule has 4 aromatic rings. The second-order valence-corrected chi connectivity index (χ2v) is 9.21. The van der Waals surface area contributed by atoms with Crippen molar-refractivity contribution in [3.05, 3.63) is 57.7 Å². The average Bonchev–Trinajstić information content (AvgIpc) is 3.30. The molecule has 0 radical (unpaired) electrons. The fourth-order valence-electron chi connectivity index (χ4n) is 3.76. The maximum atomic E-state index is 13.1. The van der Waals surface area contributed by atoms with E-state index in [0.29, 0.717) is 17.3 Å². The number of hydrogen-bond acceptors (Lipinski definition) is 6. The van der Waals surface area contributed by atoms with E-state index < -0.39 is 0 Å². The van der Waals surface area contributed by atoms with Crippen molar-refractivity contribution < 1.29 is 4.74 Å². The molecular formula is C24H25N5O2S. The van der Waals surface area contributed by atoms with Gasteiger partial charge in [-0.2, -0.15) is 5.21 Å². The molecule has 1 saturated carbocycles. The molecule has 164 valence electrons. The molecular weight excluding hydrogens is 422 g/mol. The number of benzene rings is 1. The van der Waals surface area contributed by atoms with Crippen molar-refractivity contribution in [2.24, 2.45) is 0 Å². The van der Waals surface area contributed by atoms with E-state index in [9.17, 15) is 4.79 Å². The second kappa shape index (κ2) is 9.08. The lowest BCUT2D eigenvalue weighted by molar-refractivity contribution is 0.306. The number of unbranched alkanes of at least 4 members (excludes halogenated alkanes) is 2. The predicted molar refractivity (Wildman–Crippen MR) is 126 cm³/mol. The van der Waals surface area contributed by atoms with Gasteiger partial charge in [0.05, 0.1) is 12.2 Å². The van der Waals surface area contributed by atoms with Crippen molar-refractivity contribution in [1.29, 1.82) is 0 Å². The van der Waals surface area contributed by atoms with Crippen LogP contribution >= 0.6 is 11.3 Å². The average molecular weight is 448 g/mol. The van der Waals surface area contributed by atoms with Gasteiger partial charge in [-0.05, 0) is 78.4 Å². The Morgan fingerprint density at radius 3 is 2.69 bits per heavy atom. The van der Waals surface area contributed by atoms with Crippen LogP contribution in [0, 0.1) is 0 Å². The smallest absolute Gasteiger partial charge is 0.260 e. The second-order valence-electron chi connectivity index (χ2n) is 8.09. The summed E-state index contributed by atoms with van der Waals surface area (Å²) >= 11 is 1.74. The number of nitrogens with one attached hydrogen (secondary N) is 2. The minimum absolute atomic E-state index is 0.236. The molecule has 1 aliphatic rings. The largest absolute Gasteiger partial charge is 0.494 e. The quantitative estimate of drug-likeness (QED) is 0.335. The van der Waals surface area contributed by atoms with Gasteiger partial charge in [0.15, 0.2) is 0 Å². The monoisotopic (exact) mass is 447 g/mol. The van der Waals surface area contributed by atoms with E-state index >= 15 is 0 Å². The lowest BCUT2D eigenvalue weighted by Crippen LogP contribution is -2.12. The highest BCUT2D eigenvalue weighted by Gasteiger charge is 2.26. The number of thiophene rings is 1. The molecule has 0 saturated heterocycles. The van der Waals surface area contributed by atoms with Crippen LogP contribution in [0.2, 0.25) is 0 Å². The number of tetrazole rings is 1. The number of hydrogen-bond donors (Lipinski definition) is 2. The third-order valence-electron chi connectivity index (χ3n) is 5.66. The molecule has 1 aromatic carbocycles. The van der Waals surface area contributed by atoms with Gasteiger partial charge in [-0.1, -0.05) is 19.8 Å². The minimum atomic E-state index is -0.236. The molecule has 0 bridgehead atoms.